The van der Waals surface area contributed by atoms with E-state index in [0.717, 1.165) is 12.1 Å². The van der Waals surface area contributed by atoms with Gasteiger partial charge in [0, 0.05) is 11.7 Å². The molecule has 0 aliphatic heterocycles. The molecule has 0 heterocycles. The summed E-state index contributed by atoms with van der Waals surface area (Å²) in [6, 6.07) is 5.40. The Bertz CT molecular complexity index is 439. The highest BCUT2D eigenvalue weighted by Gasteiger charge is 2.34. The number of nitrogens with one attached hydrogen (secondary N) is 1. The molecule has 1 fully saturated rings. The molecule has 19 heavy (non-hydrogen) atoms. The molecule has 0 saturated heterocycles. The molecule has 0 spiro atoms. The quantitative estimate of drug-likeness (QED) is 0.756. The van der Waals surface area contributed by atoms with E-state index in [0.29, 0.717) is 12.0 Å². The maximum atomic E-state index is 13.5. The zero-order chi connectivity index (χ0) is 14.0. The topological polar surface area (TPSA) is 12.0 Å². The molecule has 106 valence electrons. The Kier molecular flexibility index (Phi) is 4.39. The summed E-state index contributed by atoms with van der Waals surface area (Å²) in [5.74, 6) is 0.273. The van der Waals surface area contributed by atoms with Gasteiger partial charge in [0.1, 0.15) is 5.82 Å². The van der Waals surface area contributed by atoms with Gasteiger partial charge in [0.15, 0.2) is 0 Å². The van der Waals surface area contributed by atoms with Crippen molar-refractivity contribution < 1.29 is 4.39 Å². The van der Waals surface area contributed by atoms with Crippen LogP contribution in [0.3, 0.4) is 0 Å². The molecule has 2 unspecified atom stereocenters. The lowest BCUT2D eigenvalue weighted by atomic mass is 9.69. The van der Waals surface area contributed by atoms with Crippen molar-refractivity contribution >= 4 is 17.3 Å². The van der Waals surface area contributed by atoms with Crippen LogP contribution in [0.15, 0.2) is 18.2 Å². The largest absolute Gasteiger partial charge is 0.382 e. The SMILES string of the molecule is CC(C)(C)C1CCCCC1Nc1ccc(Cl)c(F)c1. The lowest BCUT2D eigenvalue weighted by Crippen LogP contribution is -2.39. The lowest BCUT2D eigenvalue weighted by Gasteiger charge is -2.41. The van der Waals surface area contributed by atoms with Crippen LogP contribution in [0.5, 0.6) is 0 Å². The van der Waals surface area contributed by atoms with Crippen molar-refractivity contribution in [2.45, 2.75) is 52.5 Å². The van der Waals surface area contributed by atoms with Gasteiger partial charge >= 0.3 is 0 Å². The van der Waals surface area contributed by atoms with Gasteiger partial charge in [-0.2, -0.15) is 0 Å². The summed E-state index contributed by atoms with van der Waals surface area (Å²) in [7, 11) is 0. The summed E-state index contributed by atoms with van der Waals surface area (Å²) in [5, 5.41) is 3.69. The van der Waals surface area contributed by atoms with Crippen molar-refractivity contribution in [1.29, 1.82) is 0 Å². The van der Waals surface area contributed by atoms with Crippen LogP contribution in [-0.4, -0.2) is 6.04 Å². The molecule has 1 aliphatic carbocycles. The monoisotopic (exact) mass is 283 g/mol. The standard InChI is InChI=1S/C16H23ClFN/c1-16(2,3)12-6-4-5-7-15(12)19-11-8-9-13(17)14(18)10-11/h8-10,12,15,19H,4-7H2,1-3H3. The Morgan fingerprint density at radius 2 is 1.89 bits per heavy atom. The molecular weight excluding hydrogens is 261 g/mol. The lowest BCUT2D eigenvalue weighted by molar-refractivity contribution is 0.163. The van der Waals surface area contributed by atoms with Crippen molar-refractivity contribution in [3.05, 3.63) is 29.0 Å². The summed E-state index contributed by atoms with van der Waals surface area (Å²) in [4.78, 5) is 0. The molecule has 0 aromatic heterocycles. The van der Waals surface area contributed by atoms with Gasteiger partial charge in [0.25, 0.3) is 0 Å². The third kappa shape index (κ3) is 3.62. The second kappa shape index (κ2) is 5.70. The second-order valence-corrected chi connectivity index (χ2v) is 7.04. The molecule has 2 rings (SSSR count). The van der Waals surface area contributed by atoms with E-state index in [1.807, 2.05) is 6.07 Å². The predicted molar refractivity (Wildman–Crippen MR) is 80.2 cm³/mol. The average molecular weight is 284 g/mol. The zero-order valence-electron chi connectivity index (χ0n) is 12.0. The fourth-order valence-corrected chi connectivity index (χ4v) is 3.26. The van der Waals surface area contributed by atoms with Crippen molar-refractivity contribution in [2.24, 2.45) is 11.3 Å². The highest BCUT2D eigenvalue weighted by Crippen LogP contribution is 2.39. The maximum Gasteiger partial charge on any atom is 0.143 e. The van der Waals surface area contributed by atoms with Gasteiger partial charge in [-0.1, -0.05) is 45.2 Å². The first-order valence-electron chi connectivity index (χ1n) is 7.09. The first-order chi connectivity index (χ1) is 8.88. The normalized spacial score (nSPS) is 24.3. The van der Waals surface area contributed by atoms with Crippen LogP contribution in [0.2, 0.25) is 5.02 Å². The van der Waals surface area contributed by atoms with E-state index in [2.05, 4.69) is 26.1 Å². The average Bonchev–Trinajstić information content (AvgIpc) is 2.33. The minimum atomic E-state index is -0.352. The molecular formula is C16H23ClFN. The van der Waals surface area contributed by atoms with Gasteiger partial charge in [0.05, 0.1) is 5.02 Å². The van der Waals surface area contributed by atoms with Crippen molar-refractivity contribution in [2.75, 3.05) is 5.32 Å². The molecule has 0 amide bonds. The van der Waals surface area contributed by atoms with Crippen molar-refractivity contribution in [3.8, 4) is 0 Å². The Morgan fingerprint density at radius 3 is 2.53 bits per heavy atom. The fraction of sp³-hybridized carbons (Fsp3) is 0.625. The fourth-order valence-electron chi connectivity index (χ4n) is 3.14. The van der Waals surface area contributed by atoms with Gasteiger partial charge in [-0.25, -0.2) is 4.39 Å². The van der Waals surface area contributed by atoms with Crippen molar-refractivity contribution in [1.82, 2.24) is 0 Å². The van der Waals surface area contributed by atoms with Gasteiger partial charge in [-0.15, -0.1) is 0 Å². The maximum absolute atomic E-state index is 13.5. The molecule has 1 saturated carbocycles. The highest BCUT2D eigenvalue weighted by molar-refractivity contribution is 6.30. The summed E-state index contributed by atoms with van der Waals surface area (Å²) < 4.78 is 13.5. The van der Waals surface area contributed by atoms with E-state index >= 15 is 0 Å². The van der Waals surface area contributed by atoms with Crippen LogP contribution in [0.4, 0.5) is 10.1 Å². The van der Waals surface area contributed by atoms with Gasteiger partial charge in [0.2, 0.25) is 0 Å². The van der Waals surface area contributed by atoms with Crippen molar-refractivity contribution in [3.63, 3.8) is 0 Å². The van der Waals surface area contributed by atoms with E-state index in [9.17, 15) is 4.39 Å². The van der Waals surface area contributed by atoms with E-state index in [4.69, 9.17) is 11.6 Å². The number of halogens is 2. The van der Waals surface area contributed by atoms with Gasteiger partial charge < -0.3 is 5.32 Å². The molecule has 1 aliphatic rings. The molecule has 1 N–H and O–H groups in total. The third-order valence-corrected chi connectivity index (χ3v) is 4.46. The Labute approximate surface area is 120 Å². The summed E-state index contributed by atoms with van der Waals surface area (Å²) in [6.07, 6.45) is 4.96. The van der Waals surface area contributed by atoms with E-state index in [-0.39, 0.29) is 16.3 Å². The molecule has 1 nitrogen and oxygen atoms in total. The van der Waals surface area contributed by atoms with Crippen LogP contribution in [0.25, 0.3) is 0 Å². The zero-order valence-corrected chi connectivity index (χ0v) is 12.7. The number of rotatable bonds is 2. The third-order valence-electron chi connectivity index (χ3n) is 4.15. The van der Waals surface area contributed by atoms with Crippen LogP contribution in [0.1, 0.15) is 46.5 Å². The Hall–Kier alpha value is -0.760. The van der Waals surface area contributed by atoms with Crippen LogP contribution >= 0.6 is 11.6 Å². The Balaban J connectivity index is 2.13. The first kappa shape index (κ1) is 14.6. The van der Waals surface area contributed by atoms with E-state index < -0.39 is 0 Å². The molecule has 2 atom stereocenters. The summed E-state index contributed by atoms with van der Waals surface area (Å²) in [6.45, 7) is 6.88. The van der Waals surface area contributed by atoms with Crippen LogP contribution < -0.4 is 5.32 Å². The molecule has 0 bridgehead atoms. The van der Waals surface area contributed by atoms with E-state index in [1.165, 1.54) is 25.3 Å². The first-order valence-corrected chi connectivity index (χ1v) is 7.47. The summed E-state index contributed by atoms with van der Waals surface area (Å²) >= 11 is 5.72. The molecule has 0 radical (unpaired) electrons. The smallest absolute Gasteiger partial charge is 0.143 e. The van der Waals surface area contributed by atoms with E-state index in [1.54, 1.807) is 6.07 Å². The number of hydrogen-bond acceptors (Lipinski definition) is 1. The van der Waals surface area contributed by atoms with Gasteiger partial charge in [-0.3, -0.25) is 0 Å². The molecule has 3 heteroatoms. The Morgan fingerprint density at radius 1 is 1.21 bits per heavy atom. The van der Waals surface area contributed by atoms with Crippen LogP contribution in [-0.2, 0) is 0 Å². The minimum Gasteiger partial charge on any atom is -0.382 e. The number of anilines is 1. The molecule has 1 aromatic rings. The van der Waals surface area contributed by atoms with Gasteiger partial charge in [-0.05, 0) is 42.4 Å². The molecule has 1 aromatic carbocycles. The highest BCUT2D eigenvalue weighted by atomic mass is 35.5. The number of benzene rings is 1. The van der Waals surface area contributed by atoms with Crippen LogP contribution in [0, 0.1) is 17.2 Å². The second-order valence-electron chi connectivity index (χ2n) is 6.64. The summed E-state index contributed by atoms with van der Waals surface area (Å²) in [5.41, 5.74) is 1.12. The predicted octanol–water partition coefficient (Wildman–Crippen LogP) is 5.50. The minimum absolute atomic E-state index is 0.182. The number of hydrogen-bond donors (Lipinski definition) is 1.